The summed E-state index contributed by atoms with van der Waals surface area (Å²) in [5.41, 5.74) is 0. The Kier molecular flexibility index (Phi) is 4.35. The number of hydrogen-bond acceptors (Lipinski definition) is 4. The standard InChI is InChI=1S/C13H20N2O2S/c1-9-4-3-5-12(10(9)2)14-8-11-6-7-13(18-11)15(16)17/h6-7,9-10,12,14H,3-5,8H2,1-2H3. The summed E-state index contributed by atoms with van der Waals surface area (Å²) in [4.78, 5) is 11.3. The Morgan fingerprint density at radius 3 is 2.89 bits per heavy atom. The van der Waals surface area contributed by atoms with Gasteiger partial charge in [0.1, 0.15) is 0 Å². The molecule has 18 heavy (non-hydrogen) atoms. The molecule has 1 fully saturated rings. The fourth-order valence-electron chi connectivity index (χ4n) is 2.66. The monoisotopic (exact) mass is 268 g/mol. The van der Waals surface area contributed by atoms with Crippen molar-refractivity contribution in [2.24, 2.45) is 11.8 Å². The van der Waals surface area contributed by atoms with E-state index in [4.69, 9.17) is 0 Å². The molecule has 1 aliphatic rings. The topological polar surface area (TPSA) is 55.2 Å². The molecule has 1 heterocycles. The summed E-state index contributed by atoms with van der Waals surface area (Å²) in [5.74, 6) is 1.46. The van der Waals surface area contributed by atoms with Gasteiger partial charge in [-0.1, -0.05) is 38.0 Å². The molecule has 1 aliphatic carbocycles. The Hall–Kier alpha value is -0.940. The van der Waals surface area contributed by atoms with Gasteiger partial charge in [0, 0.05) is 23.5 Å². The van der Waals surface area contributed by atoms with Crippen molar-refractivity contribution >= 4 is 16.3 Å². The van der Waals surface area contributed by atoms with E-state index in [-0.39, 0.29) is 9.92 Å². The molecule has 1 saturated carbocycles. The molecule has 1 aromatic heterocycles. The summed E-state index contributed by atoms with van der Waals surface area (Å²) in [7, 11) is 0. The van der Waals surface area contributed by atoms with Crippen LogP contribution in [-0.2, 0) is 6.54 Å². The predicted molar refractivity (Wildman–Crippen MR) is 73.8 cm³/mol. The lowest BCUT2D eigenvalue weighted by Gasteiger charge is -2.34. The minimum Gasteiger partial charge on any atom is -0.309 e. The molecule has 0 aliphatic heterocycles. The predicted octanol–water partition coefficient (Wildman–Crippen LogP) is 3.57. The highest BCUT2D eigenvalue weighted by atomic mass is 32.1. The third-order valence-electron chi connectivity index (χ3n) is 4.07. The van der Waals surface area contributed by atoms with Crippen molar-refractivity contribution in [1.29, 1.82) is 0 Å². The highest BCUT2D eigenvalue weighted by Gasteiger charge is 2.26. The summed E-state index contributed by atoms with van der Waals surface area (Å²) in [6.45, 7) is 5.37. The second kappa shape index (κ2) is 5.80. The minimum absolute atomic E-state index is 0.233. The van der Waals surface area contributed by atoms with Crippen LogP contribution in [0.15, 0.2) is 12.1 Å². The molecule has 2 rings (SSSR count). The molecular formula is C13H20N2O2S. The van der Waals surface area contributed by atoms with Crippen LogP contribution in [0.4, 0.5) is 5.00 Å². The molecule has 4 nitrogen and oxygen atoms in total. The fourth-order valence-corrected chi connectivity index (χ4v) is 3.43. The molecule has 0 saturated heterocycles. The van der Waals surface area contributed by atoms with Gasteiger partial charge in [0.25, 0.3) is 0 Å². The molecule has 0 aromatic carbocycles. The molecule has 0 amide bonds. The summed E-state index contributed by atoms with van der Waals surface area (Å²) in [5, 5.41) is 14.4. The highest BCUT2D eigenvalue weighted by Crippen LogP contribution is 2.30. The van der Waals surface area contributed by atoms with Gasteiger partial charge in [-0.2, -0.15) is 0 Å². The van der Waals surface area contributed by atoms with Crippen LogP contribution in [0, 0.1) is 22.0 Å². The third-order valence-corrected chi connectivity index (χ3v) is 5.11. The van der Waals surface area contributed by atoms with Gasteiger partial charge in [0.05, 0.1) is 4.92 Å². The van der Waals surface area contributed by atoms with E-state index in [1.54, 1.807) is 6.07 Å². The Labute approximate surface area is 112 Å². The zero-order valence-corrected chi connectivity index (χ0v) is 11.7. The lowest BCUT2D eigenvalue weighted by molar-refractivity contribution is -0.380. The smallest absolute Gasteiger partial charge is 0.309 e. The first kappa shape index (κ1) is 13.5. The first-order valence-corrected chi connectivity index (χ1v) is 7.36. The van der Waals surface area contributed by atoms with Crippen LogP contribution in [0.25, 0.3) is 0 Å². The Balaban J connectivity index is 1.88. The normalized spacial score (nSPS) is 28.2. The summed E-state index contributed by atoms with van der Waals surface area (Å²) >= 11 is 1.27. The maximum atomic E-state index is 10.6. The Morgan fingerprint density at radius 1 is 1.44 bits per heavy atom. The van der Waals surface area contributed by atoms with Crippen molar-refractivity contribution < 1.29 is 4.92 Å². The van der Waals surface area contributed by atoms with Crippen molar-refractivity contribution in [2.75, 3.05) is 0 Å². The van der Waals surface area contributed by atoms with E-state index in [0.717, 1.165) is 17.3 Å². The van der Waals surface area contributed by atoms with Crippen molar-refractivity contribution in [3.63, 3.8) is 0 Å². The zero-order valence-electron chi connectivity index (χ0n) is 10.9. The lowest BCUT2D eigenvalue weighted by atomic mass is 9.78. The van der Waals surface area contributed by atoms with Crippen LogP contribution in [0.2, 0.25) is 0 Å². The Morgan fingerprint density at radius 2 is 2.22 bits per heavy atom. The van der Waals surface area contributed by atoms with Crippen LogP contribution in [-0.4, -0.2) is 11.0 Å². The molecule has 3 unspecified atom stereocenters. The maximum absolute atomic E-state index is 10.6. The molecular weight excluding hydrogens is 248 g/mol. The second-order valence-electron chi connectivity index (χ2n) is 5.25. The number of nitrogens with one attached hydrogen (secondary N) is 1. The average molecular weight is 268 g/mol. The lowest BCUT2D eigenvalue weighted by Crippen LogP contribution is -2.40. The maximum Gasteiger partial charge on any atom is 0.324 e. The number of nitro groups is 1. The quantitative estimate of drug-likeness (QED) is 0.671. The van der Waals surface area contributed by atoms with Gasteiger partial charge in [0.2, 0.25) is 0 Å². The van der Waals surface area contributed by atoms with Crippen LogP contribution in [0.1, 0.15) is 38.0 Å². The molecule has 0 bridgehead atoms. The molecule has 0 radical (unpaired) electrons. The van der Waals surface area contributed by atoms with Crippen LogP contribution in [0.3, 0.4) is 0 Å². The van der Waals surface area contributed by atoms with Gasteiger partial charge in [-0.3, -0.25) is 10.1 Å². The molecule has 5 heteroatoms. The minimum atomic E-state index is -0.320. The first-order chi connectivity index (χ1) is 8.58. The Bertz CT molecular complexity index is 419. The summed E-state index contributed by atoms with van der Waals surface area (Å²) < 4.78 is 0. The second-order valence-corrected chi connectivity index (χ2v) is 6.40. The average Bonchev–Trinajstić information content (AvgIpc) is 2.80. The molecule has 100 valence electrons. The third kappa shape index (κ3) is 3.09. The van der Waals surface area contributed by atoms with E-state index in [9.17, 15) is 10.1 Å². The largest absolute Gasteiger partial charge is 0.324 e. The first-order valence-electron chi connectivity index (χ1n) is 6.54. The summed E-state index contributed by atoms with van der Waals surface area (Å²) in [6.07, 6.45) is 3.83. The van der Waals surface area contributed by atoms with Crippen LogP contribution >= 0.6 is 11.3 Å². The van der Waals surface area contributed by atoms with Crippen molar-refractivity contribution in [3.8, 4) is 0 Å². The van der Waals surface area contributed by atoms with Crippen LogP contribution in [0.5, 0.6) is 0 Å². The highest BCUT2D eigenvalue weighted by molar-refractivity contribution is 7.15. The van der Waals surface area contributed by atoms with E-state index < -0.39 is 0 Å². The van der Waals surface area contributed by atoms with E-state index in [0.29, 0.717) is 12.0 Å². The van der Waals surface area contributed by atoms with Crippen molar-refractivity contribution in [3.05, 3.63) is 27.1 Å². The van der Waals surface area contributed by atoms with Gasteiger partial charge in [0.15, 0.2) is 0 Å². The zero-order chi connectivity index (χ0) is 13.1. The number of nitrogens with zero attached hydrogens (tertiary/aromatic N) is 1. The molecule has 1 aromatic rings. The number of hydrogen-bond donors (Lipinski definition) is 1. The summed E-state index contributed by atoms with van der Waals surface area (Å²) in [6, 6.07) is 4.00. The fraction of sp³-hybridized carbons (Fsp3) is 0.692. The van der Waals surface area contributed by atoms with Crippen LogP contribution < -0.4 is 5.32 Å². The SMILES string of the molecule is CC1CCCC(NCc2ccc([N+](=O)[O-])s2)C1C. The number of rotatable bonds is 4. The molecule has 3 atom stereocenters. The van der Waals surface area contributed by atoms with Gasteiger partial charge >= 0.3 is 5.00 Å². The van der Waals surface area contributed by atoms with Gasteiger partial charge in [-0.25, -0.2) is 0 Å². The van der Waals surface area contributed by atoms with Gasteiger partial charge in [-0.05, 0) is 24.3 Å². The van der Waals surface area contributed by atoms with E-state index in [1.807, 2.05) is 6.07 Å². The van der Waals surface area contributed by atoms with Gasteiger partial charge in [-0.15, -0.1) is 0 Å². The number of thiophene rings is 1. The van der Waals surface area contributed by atoms with Crippen molar-refractivity contribution in [2.45, 2.75) is 45.7 Å². The van der Waals surface area contributed by atoms with E-state index >= 15 is 0 Å². The van der Waals surface area contributed by atoms with E-state index in [2.05, 4.69) is 19.2 Å². The van der Waals surface area contributed by atoms with E-state index in [1.165, 1.54) is 30.6 Å². The molecule has 0 spiro atoms. The van der Waals surface area contributed by atoms with Gasteiger partial charge < -0.3 is 5.32 Å². The molecule has 1 N–H and O–H groups in total. The van der Waals surface area contributed by atoms with Crippen molar-refractivity contribution in [1.82, 2.24) is 5.32 Å².